The summed E-state index contributed by atoms with van der Waals surface area (Å²) in [5.74, 6) is -0.837. The lowest BCUT2D eigenvalue weighted by Gasteiger charge is -2.44. The van der Waals surface area contributed by atoms with E-state index in [4.69, 9.17) is 9.16 Å². The van der Waals surface area contributed by atoms with Crippen molar-refractivity contribution >= 4 is 30.0 Å². The number of amides is 1. The van der Waals surface area contributed by atoms with Crippen molar-refractivity contribution in [2.75, 3.05) is 26.3 Å². The van der Waals surface area contributed by atoms with Gasteiger partial charge >= 0.3 is 5.97 Å². The zero-order valence-electron chi connectivity index (χ0n) is 24.9. The SMILES string of the molecule is CCOC(=O)c1nn(C)c2c1CCN(CC1(S(=O)(=O)C(C)(C)CO[Si](C(C)C)(C(C)C)C(C)C)CC1)C2=O. The monoisotopic (exact) mass is 569 g/mol. The van der Waals surface area contributed by atoms with E-state index < -0.39 is 33.6 Å². The van der Waals surface area contributed by atoms with Crippen molar-refractivity contribution in [3.05, 3.63) is 17.0 Å². The fraction of sp³-hybridized carbons (Fsp3) is 0.815. The molecule has 2 heterocycles. The van der Waals surface area contributed by atoms with Crippen molar-refractivity contribution in [3.63, 3.8) is 0 Å². The summed E-state index contributed by atoms with van der Waals surface area (Å²) in [5.41, 5.74) is 2.14. The molecule has 1 aliphatic heterocycles. The first-order chi connectivity index (χ1) is 17.5. The Bertz CT molecular complexity index is 1150. The summed E-state index contributed by atoms with van der Waals surface area (Å²) in [5, 5.41) is 4.25. The molecule has 1 aromatic heterocycles. The third kappa shape index (κ3) is 4.98. The third-order valence-corrected chi connectivity index (χ3v) is 18.0. The zero-order chi connectivity index (χ0) is 28.8. The average molecular weight is 570 g/mol. The maximum atomic E-state index is 14.1. The Kier molecular flexibility index (Phi) is 8.67. The number of rotatable bonds is 12. The number of esters is 1. The average Bonchev–Trinajstić information content (AvgIpc) is 3.51. The first kappa shape index (κ1) is 30.8. The highest BCUT2D eigenvalue weighted by atomic mass is 32.2. The third-order valence-electron chi connectivity index (χ3n) is 8.70. The normalized spacial score (nSPS) is 17.9. The highest BCUT2D eigenvalue weighted by Gasteiger charge is 2.61. The van der Waals surface area contributed by atoms with E-state index in [1.54, 1.807) is 32.7 Å². The summed E-state index contributed by atoms with van der Waals surface area (Å²) in [7, 11) is -4.26. The number of aryl methyl sites for hydroxylation is 1. The van der Waals surface area contributed by atoms with Crippen LogP contribution in [0, 0.1) is 0 Å². The summed E-state index contributed by atoms with van der Waals surface area (Å²) in [4.78, 5) is 27.5. The van der Waals surface area contributed by atoms with Crippen LogP contribution in [0.5, 0.6) is 0 Å². The molecule has 1 amide bonds. The molecular formula is C27H47N3O6SSi. The van der Waals surface area contributed by atoms with Crippen LogP contribution in [0.2, 0.25) is 16.6 Å². The molecule has 2 aliphatic rings. The Hall–Kier alpha value is -1.72. The predicted octanol–water partition coefficient (Wildman–Crippen LogP) is 4.51. The van der Waals surface area contributed by atoms with E-state index in [0.717, 1.165) is 0 Å². The lowest BCUT2D eigenvalue weighted by atomic mass is 10.0. The topological polar surface area (TPSA) is 108 Å². The van der Waals surface area contributed by atoms with Gasteiger partial charge in [0.2, 0.25) is 0 Å². The zero-order valence-corrected chi connectivity index (χ0v) is 26.7. The fourth-order valence-corrected chi connectivity index (χ4v) is 14.6. The van der Waals surface area contributed by atoms with Crippen molar-refractivity contribution in [1.82, 2.24) is 14.7 Å². The number of hydrogen-bond acceptors (Lipinski definition) is 7. The maximum absolute atomic E-state index is 14.1. The highest BCUT2D eigenvalue weighted by Crippen LogP contribution is 2.50. The number of carbonyl (C=O) groups is 2. The van der Waals surface area contributed by atoms with Gasteiger partial charge in [-0.3, -0.25) is 9.48 Å². The maximum Gasteiger partial charge on any atom is 0.359 e. The number of sulfone groups is 1. The fourth-order valence-electron chi connectivity index (χ4n) is 6.55. The van der Waals surface area contributed by atoms with Crippen molar-refractivity contribution in [3.8, 4) is 0 Å². The molecule has 1 saturated carbocycles. The molecule has 11 heteroatoms. The van der Waals surface area contributed by atoms with E-state index in [0.29, 0.717) is 53.7 Å². The smallest absolute Gasteiger partial charge is 0.359 e. The van der Waals surface area contributed by atoms with E-state index >= 15 is 0 Å². The molecule has 1 aromatic rings. The minimum absolute atomic E-state index is 0.137. The van der Waals surface area contributed by atoms with E-state index in [2.05, 4.69) is 46.6 Å². The van der Waals surface area contributed by atoms with Gasteiger partial charge in [-0.2, -0.15) is 5.10 Å². The second-order valence-electron chi connectivity index (χ2n) is 12.5. The van der Waals surface area contributed by atoms with Crippen molar-refractivity contribution in [2.45, 2.75) is 108 Å². The summed E-state index contributed by atoms with van der Waals surface area (Å²) in [6, 6.07) is 0. The summed E-state index contributed by atoms with van der Waals surface area (Å²) in [6.07, 6.45) is 1.48. The van der Waals surface area contributed by atoms with Gasteiger partial charge in [-0.1, -0.05) is 41.5 Å². The first-order valence-electron chi connectivity index (χ1n) is 13.9. The molecule has 0 radical (unpaired) electrons. The van der Waals surface area contributed by atoms with E-state index in [1.165, 1.54) is 4.68 Å². The van der Waals surface area contributed by atoms with Gasteiger partial charge in [0.25, 0.3) is 5.91 Å². The molecule has 0 bridgehead atoms. The minimum Gasteiger partial charge on any atom is -0.461 e. The van der Waals surface area contributed by atoms with Gasteiger partial charge in [0, 0.05) is 25.7 Å². The van der Waals surface area contributed by atoms with Gasteiger partial charge in [-0.05, 0) is 56.7 Å². The van der Waals surface area contributed by atoms with Gasteiger partial charge in [0.05, 0.1) is 22.7 Å². The summed E-state index contributed by atoms with van der Waals surface area (Å²) in [6.45, 7) is 19.3. The number of hydrogen-bond donors (Lipinski definition) is 0. The van der Waals surface area contributed by atoms with Gasteiger partial charge in [-0.15, -0.1) is 0 Å². The number of carbonyl (C=O) groups excluding carboxylic acids is 2. The molecule has 9 nitrogen and oxygen atoms in total. The summed E-state index contributed by atoms with van der Waals surface area (Å²) < 4.78 is 39.5. The number of ether oxygens (including phenoxy) is 1. The minimum atomic E-state index is -3.65. The van der Waals surface area contributed by atoms with Gasteiger partial charge < -0.3 is 14.1 Å². The van der Waals surface area contributed by atoms with Gasteiger partial charge in [0.1, 0.15) is 5.69 Å². The Labute approximate surface area is 229 Å². The molecular weight excluding hydrogens is 522 g/mol. The van der Waals surface area contributed by atoms with Gasteiger partial charge in [-0.25, -0.2) is 13.2 Å². The number of nitrogens with zero attached hydrogens (tertiary/aromatic N) is 3. The Morgan fingerprint density at radius 1 is 1.11 bits per heavy atom. The molecule has 0 spiro atoms. The van der Waals surface area contributed by atoms with Crippen molar-refractivity contribution in [1.29, 1.82) is 0 Å². The molecule has 0 saturated heterocycles. The van der Waals surface area contributed by atoms with Crippen LogP contribution in [0.3, 0.4) is 0 Å². The van der Waals surface area contributed by atoms with Crippen LogP contribution >= 0.6 is 0 Å². The highest BCUT2D eigenvalue weighted by molar-refractivity contribution is 7.94. The van der Waals surface area contributed by atoms with E-state index in [1.807, 2.05) is 0 Å². The van der Waals surface area contributed by atoms with Crippen LogP contribution in [0.25, 0.3) is 0 Å². The van der Waals surface area contributed by atoms with E-state index in [9.17, 15) is 18.0 Å². The lowest BCUT2D eigenvalue weighted by Crippen LogP contribution is -2.55. The molecule has 0 atom stereocenters. The molecule has 1 aliphatic carbocycles. The predicted molar refractivity (Wildman–Crippen MR) is 151 cm³/mol. The second kappa shape index (κ2) is 10.7. The second-order valence-corrected chi connectivity index (χ2v) is 21.0. The lowest BCUT2D eigenvalue weighted by molar-refractivity contribution is 0.0517. The molecule has 0 N–H and O–H groups in total. The first-order valence-corrected chi connectivity index (χ1v) is 17.5. The molecule has 0 aromatic carbocycles. The van der Waals surface area contributed by atoms with Crippen LogP contribution < -0.4 is 0 Å². The Balaban J connectivity index is 1.83. The van der Waals surface area contributed by atoms with Crippen molar-refractivity contribution < 1.29 is 27.2 Å². The van der Waals surface area contributed by atoms with Crippen molar-refractivity contribution in [2.24, 2.45) is 7.05 Å². The van der Waals surface area contributed by atoms with Crippen LogP contribution in [-0.2, 0) is 32.5 Å². The quantitative estimate of drug-likeness (QED) is 0.269. The molecule has 0 unspecified atom stereocenters. The largest absolute Gasteiger partial charge is 0.461 e. The van der Waals surface area contributed by atoms with E-state index in [-0.39, 0.29) is 31.4 Å². The number of fused-ring (bicyclic) bond motifs is 1. The molecule has 1 fully saturated rings. The Morgan fingerprint density at radius 3 is 2.13 bits per heavy atom. The van der Waals surface area contributed by atoms with Crippen LogP contribution in [0.4, 0.5) is 0 Å². The van der Waals surface area contributed by atoms with Gasteiger partial charge in [0.15, 0.2) is 23.8 Å². The summed E-state index contributed by atoms with van der Waals surface area (Å²) >= 11 is 0. The van der Waals surface area contributed by atoms with Crippen LogP contribution in [0.1, 0.15) is 102 Å². The molecule has 3 rings (SSSR count). The molecule has 38 heavy (non-hydrogen) atoms. The Morgan fingerprint density at radius 2 is 1.66 bits per heavy atom. The van der Waals surface area contributed by atoms with Crippen LogP contribution in [0.15, 0.2) is 0 Å². The standard InChI is InChI=1S/C27H47N3O6SSi/c1-11-35-25(32)22-21-12-15-30(24(31)23(21)29(10)28-22)16-27(13-14-27)37(33,34)26(8,9)17-36-38(18(2)3,19(4)5)20(6)7/h18-20H,11-17H2,1-10H3. The number of aromatic nitrogens is 2. The molecule has 216 valence electrons. The van der Waals surface area contributed by atoms with Crippen LogP contribution in [-0.4, -0.2) is 79.1 Å².